The van der Waals surface area contributed by atoms with Gasteiger partial charge in [0.05, 0.1) is 38.1 Å². The fourth-order valence-electron chi connectivity index (χ4n) is 6.32. The first-order valence-corrected chi connectivity index (χ1v) is 15.8. The molecule has 2 N–H and O–H groups in total. The van der Waals surface area contributed by atoms with Crippen molar-refractivity contribution in [3.05, 3.63) is 127 Å². The van der Waals surface area contributed by atoms with Crippen LogP contribution in [-0.4, -0.2) is 86.7 Å². The number of rotatable bonds is 10. The molecule has 4 aromatic rings. The van der Waals surface area contributed by atoms with Gasteiger partial charge in [0, 0.05) is 25.1 Å². The number of amides is 4. The zero-order valence-electron chi connectivity index (χ0n) is 26.7. The van der Waals surface area contributed by atoms with Gasteiger partial charge in [-0.05, 0) is 47.5 Å². The highest BCUT2D eigenvalue weighted by Gasteiger charge is 2.51. The van der Waals surface area contributed by atoms with E-state index in [1.54, 1.807) is 57.3 Å². The molecule has 3 heterocycles. The quantitative estimate of drug-likeness (QED) is 0.248. The van der Waals surface area contributed by atoms with Crippen molar-refractivity contribution >= 4 is 17.8 Å². The highest BCUT2D eigenvalue weighted by Crippen LogP contribution is 2.31. The molecule has 11 nitrogen and oxygen atoms in total. The van der Waals surface area contributed by atoms with Gasteiger partial charge < -0.3 is 25.0 Å². The van der Waals surface area contributed by atoms with E-state index in [4.69, 9.17) is 9.72 Å². The van der Waals surface area contributed by atoms with Crippen LogP contribution >= 0.6 is 0 Å². The minimum absolute atomic E-state index is 0.0730. The van der Waals surface area contributed by atoms with E-state index in [9.17, 15) is 19.5 Å². The van der Waals surface area contributed by atoms with E-state index in [0.29, 0.717) is 17.1 Å². The Balaban J connectivity index is 1.35. The van der Waals surface area contributed by atoms with Gasteiger partial charge in [0.25, 0.3) is 0 Å². The number of hydrogen-bond acceptors (Lipinski definition) is 7. The second-order valence-corrected chi connectivity index (χ2v) is 11.7. The van der Waals surface area contributed by atoms with E-state index in [1.165, 1.54) is 0 Å². The van der Waals surface area contributed by atoms with Gasteiger partial charge in [0.1, 0.15) is 23.7 Å². The lowest BCUT2D eigenvalue weighted by molar-refractivity contribution is -0.189. The molecule has 2 aliphatic rings. The molecule has 2 saturated heterocycles. The number of pyridine rings is 1. The molecule has 0 saturated carbocycles. The number of urea groups is 1. The smallest absolute Gasteiger partial charge is 0.334 e. The molecule has 2 atom stereocenters. The van der Waals surface area contributed by atoms with Crippen molar-refractivity contribution in [2.75, 3.05) is 26.7 Å². The van der Waals surface area contributed by atoms with Crippen LogP contribution < -0.4 is 10.1 Å². The maximum Gasteiger partial charge on any atom is 0.334 e. The van der Waals surface area contributed by atoms with Crippen molar-refractivity contribution in [1.82, 2.24) is 30.1 Å². The van der Waals surface area contributed by atoms with E-state index in [2.05, 4.69) is 11.9 Å². The standard InChI is InChI=1S/C37H38N6O5/c1-3-20-41-25-35(45)42-32(21-26-16-18-29(44)19-17-26)36(46)40(24-34(42)43(41)37(47)38-22-27-10-5-4-6-11-27)23-28-12-9-14-31(39-28)30-13-7-8-15-33(30)48-2/h3-19,32,34,44H,1,20-25H2,2H3,(H,38,47)/t32-,34-/m0/s1. The number of nitrogens with zero attached hydrogens (tertiary/aromatic N) is 5. The number of para-hydroxylation sites is 1. The molecular weight excluding hydrogens is 608 g/mol. The highest BCUT2D eigenvalue weighted by molar-refractivity contribution is 5.91. The van der Waals surface area contributed by atoms with Crippen LogP contribution in [0.2, 0.25) is 0 Å². The number of carbonyl (C=O) groups excluding carboxylic acids is 3. The molecule has 0 radical (unpaired) electrons. The number of aromatic nitrogens is 1. The first kappa shape index (κ1) is 32.3. The van der Waals surface area contributed by atoms with Gasteiger partial charge >= 0.3 is 6.03 Å². The van der Waals surface area contributed by atoms with Crippen molar-refractivity contribution in [3.8, 4) is 22.8 Å². The molecule has 0 bridgehead atoms. The molecule has 0 aliphatic carbocycles. The Morgan fingerprint density at radius 2 is 1.73 bits per heavy atom. The molecule has 2 aliphatic heterocycles. The fourth-order valence-corrected chi connectivity index (χ4v) is 6.32. The van der Waals surface area contributed by atoms with E-state index < -0.39 is 18.2 Å². The fraction of sp³-hybridized carbons (Fsp3) is 0.243. The molecule has 1 aromatic heterocycles. The largest absolute Gasteiger partial charge is 0.508 e. The lowest BCUT2D eigenvalue weighted by Gasteiger charge is -2.55. The van der Waals surface area contributed by atoms with Crippen LogP contribution in [0, 0.1) is 0 Å². The number of hydrazine groups is 1. The molecule has 11 heteroatoms. The maximum atomic E-state index is 14.3. The molecule has 48 heavy (non-hydrogen) atoms. The third-order valence-corrected chi connectivity index (χ3v) is 8.57. The van der Waals surface area contributed by atoms with Crippen molar-refractivity contribution in [2.45, 2.75) is 31.7 Å². The van der Waals surface area contributed by atoms with Crippen molar-refractivity contribution in [3.63, 3.8) is 0 Å². The minimum atomic E-state index is -0.895. The number of benzene rings is 3. The summed E-state index contributed by atoms with van der Waals surface area (Å²) in [6.45, 7) is 4.54. The SMILES string of the molecule is C=CCN1CC(=O)N2[C@@H](Cc3ccc(O)cc3)C(=O)N(Cc3cccc(-c4ccccc4OC)n3)C[C@@H]2N1C(=O)NCc1ccccc1. The number of ether oxygens (including phenoxy) is 1. The predicted octanol–water partition coefficient (Wildman–Crippen LogP) is 4.20. The maximum absolute atomic E-state index is 14.3. The average Bonchev–Trinajstić information content (AvgIpc) is 3.10. The molecule has 246 valence electrons. The normalized spacial score (nSPS) is 18.0. The molecule has 4 amide bonds. The van der Waals surface area contributed by atoms with Gasteiger partial charge in [-0.1, -0.05) is 66.7 Å². The van der Waals surface area contributed by atoms with E-state index >= 15 is 0 Å². The van der Waals surface area contributed by atoms with Gasteiger partial charge in [0.2, 0.25) is 11.8 Å². The third kappa shape index (κ3) is 6.86. The van der Waals surface area contributed by atoms with Crippen molar-refractivity contribution in [1.29, 1.82) is 0 Å². The summed E-state index contributed by atoms with van der Waals surface area (Å²) < 4.78 is 5.55. The summed E-state index contributed by atoms with van der Waals surface area (Å²) in [7, 11) is 1.61. The van der Waals surface area contributed by atoms with Crippen LogP contribution in [0.5, 0.6) is 11.5 Å². The molecule has 3 aromatic carbocycles. The average molecular weight is 647 g/mol. The molecule has 0 spiro atoms. The number of nitrogens with one attached hydrogen (secondary N) is 1. The first-order valence-electron chi connectivity index (χ1n) is 15.8. The van der Waals surface area contributed by atoms with Gasteiger partial charge in [-0.2, -0.15) is 0 Å². The Kier molecular flexibility index (Phi) is 9.67. The summed E-state index contributed by atoms with van der Waals surface area (Å²) in [5.74, 6) is 0.270. The summed E-state index contributed by atoms with van der Waals surface area (Å²) in [5.41, 5.74) is 3.86. The zero-order chi connectivity index (χ0) is 33.6. The van der Waals surface area contributed by atoms with Gasteiger partial charge in [-0.3, -0.25) is 14.6 Å². The monoisotopic (exact) mass is 646 g/mol. The highest BCUT2D eigenvalue weighted by atomic mass is 16.5. The second-order valence-electron chi connectivity index (χ2n) is 11.7. The van der Waals surface area contributed by atoms with Crippen LogP contribution in [0.1, 0.15) is 16.8 Å². The Hall–Kier alpha value is -5.68. The number of piperazine rings is 1. The number of aromatic hydroxyl groups is 1. The van der Waals surface area contributed by atoms with E-state index in [0.717, 1.165) is 16.7 Å². The number of phenols is 1. The Labute approximate surface area is 279 Å². The topological polar surface area (TPSA) is 119 Å². The van der Waals surface area contributed by atoms with Gasteiger partial charge in [-0.25, -0.2) is 14.8 Å². The summed E-state index contributed by atoms with van der Waals surface area (Å²) in [5, 5.41) is 16.1. The summed E-state index contributed by atoms with van der Waals surface area (Å²) >= 11 is 0. The van der Waals surface area contributed by atoms with Crippen molar-refractivity contribution in [2.24, 2.45) is 0 Å². The molecule has 2 fully saturated rings. The lowest BCUT2D eigenvalue weighted by atomic mass is 9.98. The first-order chi connectivity index (χ1) is 23.4. The van der Waals surface area contributed by atoms with Crippen LogP contribution in [0.3, 0.4) is 0 Å². The summed E-state index contributed by atoms with van der Waals surface area (Å²) in [6, 6.07) is 28.1. The third-order valence-electron chi connectivity index (χ3n) is 8.57. The minimum Gasteiger partial charge on any atom is -0.508 e. The summed E-state index contributed by atoms with van der Waals surface area (Å²) in [4.78, 5) is 50.3. The second kappa shape index (κ2) is 14.4. The molecular formula is C37H38N6O5. The van der Waals surface area contributed by atoms with Gasteiger partial charge in [0.15, 0.2) is 0 Å². The number of phenolic OH excluding ortho intramolecular Hbond substituents is 1. The Bertz CT molecular complexity index is 1780. The Morgan fingerprint density at radius 3 is 2.48 bits per heavy atom. The Morgan fingerprint density at radius 1 is 0.979 bits per heavy atom. The van der Waals surface area contributed by atoms with Crippen LogP contribution in [-0.2, 0) is 29.1 Å². The number of fused-ring (bicyclic) bond motifs is 1. The molecule has 0 unspecified atom stereocenters. The van der Waals surface area contributed by atoms with Crippen LogP contribution in [0.4, 0.5) is 4.79 Å². The van der Waals surface area contributed by atoms with Crippen molar-refractivity contribution < 1.29 is 24.2 Å². The number of carbonyl (C=O) groups is 3. The van der Waals surface area contributed by atoms with Crippen LogP contribution in [0.25, 0.3) is 11.3 Å². The number of methoxy groups -OCH3 is 1. The van der Waals surface area contributed by atoms with E-state index in [-0.39, 0.29) is 56.7 Å². The molecule has 6 rings (SSSR count). The number of hydrogen-bond donors (Lipinski definition) is 2. The zero-order valence-corrected chi connectivity index (χ0v) is 26.7. The van der Waals surface area contributed by atoms with Crippen LogP contribution in [0.15, 0.2) is 110 Å². The summed E-state index contributed by atoms with van der Waals surface area (Å²) in [6.07, 6.45) is 1.06. The lowest BCUT2D eigenvalue weighted by Crippen LogP contribution is -2.76. The predicted molar refractivity (Wildman–Crippen MR) is 180 cm³/mol. The van der Waals surface area contributed by atoms with E-state index in [1.807, 2.05) is 72.8 Å². The van der Waals surface area contributed by atoms with Gasteiger partial charge in [-0.15, -0.1) is 6.58 Å².